The van der Waals surface area contributed by atoms with E-state index in [1.807, 2.05) is 24.3 Å². The van der Waals surface area contributed by atoms with Crippen molar-refractivity contribution in [3.05, 3.63) is 29.8 Å². The molecular formula is C18H28N2O2. The van der Waals surface area contributed by atoms with Crippen molar-refractivity contribution < 1.29 is 9.53 Å². The molecular weight excluding hydrogens is 276 g/mol. The first-order chi connectivity index (χ1) is 10.7. The highest BCUT2D eigenvalue weighted by Crippen LogP contribution is 2.23. The van der Waals surface area contributed by atoms with Crippen molar-refractivity contribution in [1.29, 1.82) is 0 Å². The highest BCUT2D eigenvalue weighted by Gasteiger charge is 2.14. The maximum atomic E-state index is 12.1. The molecule has 122 valence electrons. The fourth-order valence-electron chi connectivity index (χ4n) is 3.00. The van der Waals surface area contributed by atoms with Crippen LogP contribution in [0.5, 0.6) is 5.75 Å². The number of carbonyl (C=O) groups is 1. The number of rotatable bonds is 7. The number of benzene rings is 1. The van der Waals surface area contributed by atoms with E-state index in [4.69, 9.17) is 4.74 Å². The summed E-state index contributed by atoms with van der Waals surface area (Å²) in [7, 11) is 1.66. The molecule has 1 fully saturated rings. The van der Waals surface area contributed by atoms with E-state index in [0.29, 0.717) is 12.3 Å². The minimum atomic E-state index is 0.138. The summed E-state index contributed by atoms with van der Waals surface area (Å²) in [5, 5.41) is 6.47. The Morgan fingerprint density at radius 1 is 1.50 bits per heavy atom. The van der Waals surface area contributed by atoms with Crippen molar-refractivity contribution in [2.75, 3.05) is 26.7 Å². The van der Waals surface area contributed by atoms with Crippen LogP contribution in [-0.4, -0.2) is 32.7 Å². The van der Waals surface area contributed by atoms with E-state index in [2.05, 4.69) is 17.6 Å². The van der Waals surface area contributed by atoms with Gasteiger partial charge in [0, 0.05) is 13.0 Å². The predicted octanol–water partition coefficient (Wildman–Crippen LogP) is 2.69. The van der Waals surface area contributed by atoms with Gasteiger partial charge in [-0.2, -0.15) is 0 Å². The summed E-state index contributed by atoms with van der Waals surface area (Å²) in [5.41, 5.74) is 1.14. The van der Waals surface area contributed by atoms with E-state index >= 15 is 0 Å². The average molecular weight is 304 g/mol. The molecule has 4 nitrogen and oxygen atoms in total. The minimum absolute atomic E-state index is 0.138. The first-order valence-corrected chi connectivity index (χ1v) is 8.30. The van der Waals surface area contributed by atoms with Crippen LogP contribution in [0.15, 0.2) is 24.3 Å². The van der Waals surface area contributed by atoms with Crippen LogP contribution in [0.25, 0.3) is 0 Å². The molecule has 1 aromatic rings. The van der Waals surface area contributed by atoms with Crippen molar-refractivity contribution in [2.45, 2.75) is 38.5 Å². The fraction of sp³-hybridized carbons (Fsp3) is 0.611. The summed E-state index contributed by atoms with van der Waals surface area (Å²) in [5.74, 6) is 1.89. The third kappa shape index (κ3) is 5.34. The molecule has 0 aliphatic carbocycles. The molecule has 0 saturated carbocycles. The van der Waals surface area contributed by atoms with E-state index in [-0.39, 0.29) is 11.8 Å². The van der Waals surface area contributed by atoms with E-state index in [9.17, 15) is 4.79 Å². The lowest BCUT2D eigenvalue weighted by Crippen LogP contribution is -2.33. The molecule has 4 heteroatoms. The van der Waals surface area contributed by atoms with Gasteiger partial charge in [-0.3, -0.25) is 4.79 Å². The summed E-state index contributed by atoms with van der Waals surface area (Å²) in [6.07, 6.45) is 4.14. The molecule has 1 saturated heterocycles. The van der Waals surface area contributed by atoms with E-state index in [1.165, 1.54) is 12.8 Å². The van der Waals surface area contributed by atoms with Crippen LogP contribution in [0, 0.1) is 5.92 Å². The predicted molar refractivity (Wildman–Crippen MR) is 89.2 cm³/mol. The Morgan fingerprint density at radius 3 is 3.09 bits per heavy atom. The zero-order valence-corrected chi connectivity index (χ0v) is 13.7. The Labute approximate surface area is 133 Å². The van der Waals surface area contributed by atoms with E-state index in [0.717, 1.165) is 37.4 Å². The van der Waals surface area contributed by atoms with Crippen LogP contribution in [0.4, 0.5) is 0 Å². The summed E-state index contributed by atoms with van der Waals surface area (Å²) >= 11 is 0. The van der Waals surface area contributed by atoms with Gasteiger partial charge >= 0.3 is 0 Å². The molecule has 2 N–H and O–H groups in total. The molecule has 0 spiro atoms. The standard InChI is InChI=1S/C18H28N2O2/c1-14(16-6-3-7-17(12-16)22-2)11-18(21)20-10-8-15-5-4-9-19-13-15/h3,6-7,12,14-15,19H,4-5,8-11,13H2,1-2H3,(H,20,21). The van der Waals surface area contributed by atoms with Crippen molar-refractivity contribution in [2.24, 2.45) is 5.92 Å². The number of hydrogen-bond donors (Lipinski definition) is 2. The van der Waals surface area contributed by atoms with Gasteiger partial charge in [0.15, 0.2) is 0 Å². The Morgan fingerprint density at radius 2 is 2.36 bits per heavy atom. The number of nitrogens with one attached hydrogen (secondary N) is 2. The van der Waals surface area contributed by atoms with Crippen molar-refractivity contribution in [3.8, 4) is 5.75 Å². The molecule has 0 aromatic heterocycles. The van der Waals surface area contributed by atoms with Crippen LogP contribution >= 0.6 is 0 Å². The van der Waals surface area contributed by atoms with E-state index < -0.39 is 0 Å². The topological polar surface area (TPSA) is 50.4 Å². The van der Waals surface area contributed by atoms with Crippen molar-refractivity contribution >= 4 is 5.91 Å². The van der Waals surface area contributed by atoms with Crippen LogP contribution in [0.3, 0.4) is 0 Å². The van der Waals surface area contributed by atoms with Gasteiger partial charge in [0.1, 0.15) is 5.75 Å². The molecule has 1 aromatic carbocycles. The van der Waals surface area contributed by atoms with Gasteiger partial charge in [-0.25, -0.2) is 0 Å². The molecule has 1 aliphatic rings. The summed E-state index contributed by atoms with van der Waals surface area (Å²) in [6, 6.07) is 7.95. The number of carbonyl (C=O) groups excluding carboxylic acids is 1. The van der Waals surface area contributed by atoms with Crippen molar-refractivity contribution in [1.82, 2.24) is 10.6 Å². The monoisotopic (exact) mass is 304 g/mol. The number of ether oxygens (including phenoxy) is 1. The molecule has 2 atom stereocenters. The molecule has 2 unspecified atom stereocenters. The number of hydrogen-bond acceptors (Lipinski definition) is 3. The van der Waals surface area contributed by atoms with Crippen LogP contribution in [0.1, 0.15) is 44.1 Å². The average Bonchev–Trinajstić information content (AvgIpc) is 2.56. The zero-order valence-electron chi connectivity index (χ0n) is 13.7. The smallest absolute Gasteiger partial charge is 0.220 e. The quantitative estimate of drug-likeness (QED) is 0.814. The Hall–Kier alpha value is -1.55. The van der Waals surface area contributed by atoms with Gasteiger partial charge in [0.25, 0.3) is 0 Å². The fourth-order valence-corrected chi connectivity index (χ4v) is 3.00. The first kappa shape index (κ1) is 16.8. The number of methoxy groups -OCH3 is 1. The molecule has 22 heavy (non-hydrogen) atoms. The maximum Gasteiger partial charge on any atom is 0.220 e. The van der Waals surface area contributed by atoms with Gasteiger partial charge < -0.3 is 15.4 Å². The summed E-state index contributed by atoms with van der Waals surface area (Å²) in [4.78, 5) is 12.1. The highest BCUT2D eigenvalue weighted by atomic mass is 16.5. The van der Waals surface area contributed by atoms with Gasteiger partial charge in [0.05, 0.1) is 7.11 Å². The third-order valence-electron chi connectivity index (χ3n) is 4.43. The lowest BCUT2D eigenvalue weighted by atomic mass is 9.95. The summed E-state index contributed by atoms with van der Waals surface area (Å²) < 4.78 is 5.24. The van der Waals surface area contributed by atoms with Gasteiger partial charge in [0.2, 0.25) is 5.91 Å². The maximum absolute atomic E-state index is 12.1. The van der Waals surface area contributed by atoms with E-state index in [1.54, 1.807) is 7.11 Å². The van der Waals surface area contributed by atoms with Crippen molar-refractivity contribution in [3.63, 3.8) is 0 Å². The third-order valence-corrected chi connectivity index (χ3v) is 4.43. The van der Waals surface area contributed by atoms with Gasteiger partial charge in [-0.05, 0) is 61.9 Å². The van der Waals surface area contributed by atoms with Gasteiger partial charge in [-0.1, -0.05) is 19.1 Å². The molecule has 1 heterocycles. The van der Waals surface area contributed by atoms with Gasteiger partial charge in [-0.15, -0.1) is 0 Å². The minimum Gasteiger partial charge on any atom is -0.497 e. The Kier molecular flexibility index (Phi) is 6.72. The number of amides is 1. The largest absolute Gasteiger partial charge is 0.497 e. The zero-order chi connectivity index (χ0) is 15.8. The second-order valence-electron chi connectivity index (χ2n) is 6.23. The molecule has 0 radical (unpaired) electrons. The highest BCUT2D eigenvalue weighted by molar-refractivity contribution is 5.76. The second-order valence-corrected chi connectivity index (χ2v) is 6.23. The molecule has 1 aliphatic heterocycles. The molecule has 2 rings (SSSR count). The summed E-state index contributed by atoms with van der Waals surface area (Å²) in [6.45, 7) is 5.10. The lowest BCUT2D eigenvalue weighted by Gasteiger charge is -2.22. The Bertz CT molecular complexity index is 470. The Balaban J connectivity index is 1.71. The van der Waals surface area contributed by atoms with Crippen LogP contribution in [-0.2, 0) is 4.79 Å². The lowest BCUT2D eigenvalue weighted by molar-refractivity contribution is -0.121. The SMILES string of the molecule is COc1cccc(C(C)CC(=O)NCCC2CCCNC2)c1. The molecule has 0 bridgehead atoms. The second kappa shape index (κ2) is 8.79. The molecule has 1 amide bonds. The number of piperidine rings is 1. The van der Waals surface area contributed by atoms with Crippen LogP contribution < -0.4 is 15.4 Å². The van der Waals surface area contributed by atoms with Crippen LogP contribution in [0.2, 0.25) is 0 Å². The normalized spacial score (nSPS) is 19.5. The first-order valence-electron chi connectivity index (χ1n) is 8.30.